The lowest BCUT2D eigenvalue weighted by molar-refractivity contribution is 0.259. The van der Waals surface area contributed by atoms with Crippen molar-refractivity contribution >= 4 is 11.6 Å². The van der Waals surface area contributed by atoms with Crippen LogP contribution in [0.25, 0.3) is 0 Å². The maximum absolute atomic E-state index is 6.15. The Kier molecular flexibility index (Phi) is 4.03. The molecular formula is C15H18ClN3O. The van der Waals surface area contributed by atoms with Gasteiger partial charge in [0.05, 0.1) is 6.04 Å². The molecule has 1 aliphatic rings. The van der Waals surface area contributed by atoms with Gasteiger partial charge < -0.3 is 9.84 Å². The predicted octanol–water partition coefficient (Wildman–Crippen LogP) is 3.37. The molecular weight excluding hydrogens is 274 g/mol. The highest BCUT2D eigenvalue weighted by Crippen LogP contribution is 2.26. The summed E-state index contributed by atoms with van der Waals surface area (Å²) >= 11 is 6.15. The molecule has 106 valence electrons. The Morgan fingerprint density at radius 1 is 1.40 bits per heavy atom. The number of nitrogens with one attached hydrogen (secondary N) is 1. The van der Waals surface area contributed by atoms with E-state index in [2.05, 4.69) is 22.4 Å². The molecule has 1 aliphatic heterocycles. The molecule has 0 aliphatic carbocycles. The van der Waals surface area contributed by atoms with E-state index in [4.69, 9.17) is 16.1 Å². The standard InChI is InChI=1S/C15H18ClN3O/c1-10-6-7-17-13(8-10)15-18-14(19-20-15)9-11-4-2-3-5-12(11)16/h2-5,10,13,17H,6-9H2,1H3. The molecule has 4 nitrogen and oxygen atoms in total. The first-order chi connectivity index (χ1) is 9.72. The van der Waals surface area contributed by atoms with Crippen LogP contribution < -0.4 is 5.32 Å². The van der Waals surface area contributed by atoms with Crippen molar-refractivity contribution < 1.29 is 4.52 Å². The van der Waals surface area contributed by atoms with E-state index in [1.54, 1.807) is 0 Å². The first-order valence-electron chi connectivity index (χ1n) is 7.01. The molecule has 1 fully saturated rings. The van der Waals surface area contributed by atoms with Crippen molar-refractivity contribution in [1.29, 1.82) is 0 Å². The van der Waals surface area contributed by atoms with E-state index >= 15 is 0 Å². The van der Waals surface area contributed by atoms with Crippen molar-refractivity contribution in [1.82, 2.24) is 15.5 Å². The van der Waals surface area contributed by atoms with Gasteiger partial charge in [0.2, 0.25) is 5.89 Å². The molecule has 3 rings (SSSR count). The van der Waals surface area contributed by atoms with Crippen LogP contribution in [0.15, 0.2) is 28.8 Å². The van der Waals surface area contributed by atoms with Gasteiger partial charge in [0.15, 0.2) is 5.82 Å². The van der Waals surface area contributed by atoms with Crippen LogP contribution in [-0.2, 0) is 6.42 Å². The summed E-state index contributed by atoms with van der Waals surface area (Å²) in [4.78, 5) is 4.51. The summed E-state index contributed by atoms with van der Waals surface area (Å²) in [6, 6.07) is 7.93. The third kappa shape index (κ3) is 3.02. The second-order valence-corrected chi connectivity index (χ2v) is 5.86. The number of nitrogens with zero attached hydrogens (tertiary/aromatic N) is 2. The smallest absolute Gasteiger partial charge is 0.243 e. The van der Waals surface area contributed by atoms with Crippen LogP contribution in [0, 0.1) is 5.92 Å². The zero-order chi connectivity index (χ0) is 13.9. The molecule has 5 heteroatoms. The van der Waals surface area contributed by atoms with Gasteiger partial charge in [0.1, 0.15) is 0 Å². The fourth-order valence-electron chi connectivity index (χ4n) is 2.59. The Morgan fingerprint density at radius 3 is 3.05 bits per heavy atom. The SMILES string of the molecule is CC1CCNC(c2nc(Cc3ccccc3Cl)no2)C1. The maximum Gasteiger partial charge on any atom is 0.243 e. The summed E-state index contributed by atoms with van der Waals surface area (Å²) in [7, 11) is 0. The van der Waals surface area contributed by atoms with Gasteiger partial charge in [-0.3, -0.25) is 0 Å². The second-order valence-electron chi connectivity index (χ2n) is 5.45. The van der Waals surface area contributed by atoms with Crippen LogP contribution in [0.1, 0.15) is 43.1 Å². The fourth-order valence-corrected chi connectivity index (χ4v) is 2.79. The molecule has 1 N–H and O–H groups in total. The lowest BCUT2D eigenvalue weighted by Gasteiger charge is -2.25. The van der Waals surface area contributed by atoms with Crippen molar-refractivity contribution in [3.05, 3.63) is 46.6 Å². The summed E-state index contributed by atoms with van der Waals surface area (Å²) in [5.41, 5.74) is 1.02. The third-order valence-corrected chi connectivity index (χ3v) is 4.12. The first-order valence-corrected chi connectivity index (χ1v) is 7.39. The molecule has 1 saturated heterocycles. The molecule has 0 saturated carbocycles. The zero-order valence-corrected chi connectivity index (χ0v) is 12.2. The number of piperidine rings is 1. The molecule has 2 unspecified atom stereocenters. The molecule has 0 bridgehead atoms. The molecule has 0 spiro atoms. The highest BCUT2D eigenvalue weighted by Gasteiger charge is 2.24. The number of rotatable bonds is 3. The molecule has 20 heavy (non-hydrogen) atoms. The Morgan fingerprint density at radius 2 is 2.25 bits per heavy atom. The van der Waals surface area contributed by atoms with E-state index in [1.165, 1.54) is 6.42 Å². The van der Waals surface area contributed by atoms with Crippen molar-refractivity contribution in [3.63, 3.8) is 0 Å². The number of hydrogen-bond donors (Lipinski definition) is 1. The number of aromatic nitrogens is 2. The van der Waals surface area contributed by atoms with Gasteiger partial charge in [0.25, 0.3) is 0 Å². The summed E-state index contributed by atoms with van der Waals surface area (Å²) in [5, 5.41) is 8.24. The average molecular weight is 292 g/mol. The van der Waals surface area contributed by atoms with Gasteiger partial charge in [-0.25, -0.2) is 0 Å². The fraction of sp³-hybridized carbons (Fsp3) is 0.467. The highest BCUT2D eigenvalue weighted by molar-refractivity contribution is 6.31. The number of halogens is 1. The van der Waals surface area contributed by atoms with Gasteiger partial charge in [-0.1, -0.05) is 41.9 Å². The van der Waals surface area contributed by atoms with Gasteiger partial charge >= 0.3 is 0 Å². The Labute approximate surface area is 123 Å². The van der Waals surface area contributed by atoms with Gasteiger partial charge in [-0.15, -0.1) is 0 Å². The van der Waals surface area contributed by atoms with E-state index in [0.717, 1.165) is 23.6 Å². The quantitative estimate of drug-likeness (QED) is 0.942. The highest BCUT2D eigenvalue weighted by atomic mass is 35.5. The van der Waals surface area contributed by atoms with Crippen LogP contribution in [0.3, 0.4) is 0 Å². The Balaban J connectivity index is 1.72. The van der Waals surface area contributed by atoms with Crippen LogP contribution in [-0.4, -0.2) is 16.7 Å². The van der Waals surface area contributed by atoms with E-state index in [0.29, 0.717) is 24.1 Å². The summed E-state index contributed by atoms with van der Waals surface area (Å²) < 4.78 is 5.40. The molecule has 2 atom stereocenters. The van der Waals surface area contributed by atoms with Crippen LogP contribution in [0.2, 0.25) is 5.02 Å². The van der Waals surface area contributed by atoms with Crippen molar-refractivity contribution in [2.75, 3.05) is 6.54 Å². The lowest BCUT2D eigenvalue weighted by atomic mass is 9.94. The topological polar surface area (TPSA) is 51.0 Å². The summed E-state index contributed by atoms with van der Waals surface area (Å²) in [6.07, 6.45) is 2.86. The Hall–Kier alpha value is -1.39. The number of benzene rings is 1. The molecule has 2 heterocycles. The van der Waals surface area contributed by atoms with Gasteiger partial charge in [-0.05, 0) is 36.9 Å². The zero-order valence-electron chi connectivity index (χ0n) is 11.5. The molecule has 1 aromatic carbocycles. The minimum Gasteiger partial charge on any atom is -0.338 e. The summed E-state index contributed by atoms with van der Waals surface area (Å²) in [6.45, 7) is 3.27. The van der Waals surface area contributed by atoms with E-state index in [9.17, 15) is 0 Å². The maximum atomic E-state index is 6.15. The normalized spacial score (nSPS) is 22.9. The Bertz CT molecular complexity index is 584. The molecule has 2 aromatic rings. The van der Waals surface area contributed by atoms with E-state index in [1.807, 2.05) is 24.3 Å². The molecule has 0 radical (unpaired) electrons. The van der Waals surface area contributed by atoms with Crippen LogP contribution >= 0.6 is 11.6 Å². The van der Waals surface area contributed by atoms with E-state index < -0.39 is 0 Å². The van der Waals surface area contributed by atoms with Crippen molar-refractivity contribution in [2.45, 2.75) is 32.2 Å². The minimum absolute atomic E-state index is 0.186. The minimum atomic E-state index is 0.186. The number of hydrogen-bond acceptors (Lipinski definition) is 4. The second kappa shape index (κ2) is 5.94. The van der Waals surface area contributed by atoms with Crippen LogP contribution in [0.4, 0.5) is 0 Å². The van der Waals surface area contributed by atoms with Crippen LogP contribution in [0.5, 0.6) is 0 Å². The van der Waals surface area contributed by atoms with Crippen molar-refractivity contribution in [2.24, 2.45) is 5.92 Å². The molecule has 0 amide bonds. The van der Waals surface area contributed by atoms with E-state index in [-0.39, 0.29) is 6.04 Å². The average Bonchev–Trinajstić information content (AvgIpc) is 2.90. The van der Waals surface area contributed by atoms with Crippen molar-refractivity contribution in [3.8, 4) is 0 Å². The molecule has 1 aromatic heterocycles. The predicted molar refractivity (Wildman–Crippen MR) is 77.7 cm³/mol. The monoisotopic (exact) mass is 291 g/mol. The van der Waals surface area contributed by atoms with Gasteiger partial charge in [-0.2, -0.15) is 4.98 Å². The van der Waals surface area contributed by atoms with Gasteiger partial charge in [0, 0.05) is 11.4 Å². The summed E-state index contributed by atoms with van der Waals surface area (Å²) in [5.74, 6) is 2.08. The largest absolute Gasteiger partial charge is 0.338 e. The lowest BCUT2D eigenvalue weighted by Crippen LogP contribution is -2.30. The third-order valence-electron chi connectivity index (χ3n) is 3.75. The first kappa shape index (κ1) is 13.6.